The number of carbonyl (C=O) groups excluding carboxylic acids is 2. The molecule has 6 N–H and O–H groups in total. The maximum absolute atomic E-state index is 13.2. The Bertz CT molecular complexity index is 1780. The highest BCUT2D eigenvalue weighted by molar-refractivity contribution is 6.09. The smallest absolute Gasteiger partial charge is 0.265 e. The molecule has 1 amide bonds. The lowest BCUT2D eigenvalue weighted by atomic mass is 9.72. The van der Waals surface area contributed by atoms with Gasteiger partial charge in [0.05, 0.1) is 36.4 Å². The van der Waals surface area contributed by atoms with Crippen LogP contribution in [0.3, 0.4) is 0 Å². The zero-order chi connectivity index (χ0) is 42.2. The number of aromatic hydroxyl groups is 1. The van der Waals surface area contributed by atoms with Crippen LogP contribution >= 0.6 is 0 Å². The van der Waals surface area contributed by atoms with Crippen LogP contribution in [0.4, 0.5) is 0 Å². The quantitative estimate of drug-likeness (QED) is 0.0641. The molecule has 1 aromatic heterocycles. The third-order valence-electron chi connectivity index (χ3n) is 10.2. The van der Waals surface area contributed by atoms with E-state index >= 15 is 0 Å². The van der Waals surface area contributed by atoms with Crippen LogP contribution in [-0.4, -0.2) is 91.8 Å². The molecule has 0 radical (unpaired) electrons. The second-order valence-corrected chi connectivity index (χ2v) is 14.7. The number of ether oxygens (including phenoxy) is 2. The van der Waals surface area contributed by atoms with Crippen LogP contribution in [-0.2, 0) is 21.3 Å². The monoisotopic (exact) mass is 778 g/mol. The first-order valence-corrected chi connectivity index (χ1v) is 18.9. The Morgan fingerprint density at radius 3 is 2.38 bits per heavy atom. The highest BCUT2D eigenvalue weighted by Gasteiger charge is 2.54. The van der Waals surface area contributed by atoms with Gasteiger partial charge >= 0.3 is 0 Å². The SMILES string of the molecule is C/C=C/C=C/[C@@H]1O[C@](O)([C@H](CC)C(=O)NC/C=C/C=C(\C)C(OC)C(C)C(O)C(O)\C=C/C=C/C=C/C=C(\C)C(=O)c2c(O)ccn(C)c2=O)C[C@H](O)C1(C)C. The molecular weight excluding hydrogens is 716 g/mol. The number of aliphatic hydroxyl groups is 4. The van der Waals surface area contributed by atoms with E-state index in [-0.39, 0.29) is 29.9 Å². The first-order chi connectivity index (χ1) is 26.4. The molecule has 1 aliphatic heterocycles. The highest BCUT2D eigenvalue weighted by atomic mass is 16.6. The van der Waals surface area contributed by atoms with Crippen molar-refractivity contribution >= 4 is 11.7 Å². The van der Waals surface area contributed by atoms with E-state index in [0.717, 1.165) is 5.57 Å². The number of amides is 1. The number of pyridine rings is 1. The van der Waals surface area contributed by atoms with Gasteiger partial charge in [0.1, 0.15) is 11.3 Å². The normalized spacial score (nSPS) is 23.8. The number of Topliss-reactive ketones (excluding diaryl/α,β-unsaturated/α-hetero) is 1. The fraction of sp³-hybridized carbons (Fsp3) is 0.477. The van der Waals surface area contributed by atoms with Gasteiger partial charge in [-0.25, -0.2) is 0 Å². The summed E-state index contributed by atoms with van der Waals surface area (Å²) in [5, 5.41) is 56.8. The van der Waals surface area contributed by atoms with Crippen LogP contribution < -0.4 is 10.9 Å². The van der Waals surface area contributed by atoms with E-state index in [1.807, 2.05) is 39.8 Å². The summed E-state index contributed by atoms with van der Waals surface area (Å²) < 4.78 is 13.0. The molecule has 4 unspecified atom stereocenters. The van der Waals surface area contributed by atoms with Crippen LogP contribution in [0.5, 0.6) is 5.75 Å². The predicted molar refractivity (Wildman–Crippen MR) is 219 cm³/mol. The zero-order valence-corrected chi connectivity index (χ0v) is 34.1. The highest BCUT2D eigenvalue weighted by Crippen LogP contribution is 2.44. The summed E-state index contributed by atoms with van der Waals surface area (Å²) in [6, 6.07) is 1.29. The van der Waals surface area contributed by atoms with Gasteiger partial charge in [-0.05, 0) is 44.4 Å². The molecule has 0 aromatic carbocycles. The van der Waals surface area contributed by atoms with E-state index in [2.05, 4.69) is 5.32 Å². The van der Waals surface area contributed by atoms with Crippen molar-refractivity contribution in [3.05, 3.63) is 124 Å². The number of hydrogen-bond acceptors (Lipinski definition) is 10. The van der Waals surface area contributed by atoms with E-state index in [0.29, 0.717) is 6.42 Å². The molecule has 1 aromatic rings. The maximum Gasteiger partial charge on any atom is 0.265 e. The Morgan fingerprint density at radius 2 is 1.73 bits per heavy atom. The van der Waals surface area contributed by atoms with Crippen molar-refractivity contribution in [1.29, 1.82) is 0 Å². The predicted octanol–water partition coefficient (Wildman–Crippen LogP) is 4.90. The Labute approximate surface area is 331 Å². The van der Waals surface area contributed by atoms with Crippen molar-refractivity contribution in [3.8, 4) is 5.75 Å². The van der Waals surface area contributed by atoms with E-state index < -0.39 is 70.8 Å². The summed E-state index contributed by atoms with van der Waals surface area (Å²) in [6.45, 7) is 12.7. The molecule has 12 heteroatoms. The molecule has 308 valence electrons. The number of rotatable bonds is 19. The van der Waals surface area contributed by atoms with E-state index in [1.165, 1.54) is 43.1 Å². The molecule has 1 aliphatic rings. The summed E-state index contributed by atoms with van der Waals surface area (Å²) in [7, 11) is 3.01. The summed E-state index contributed by atoms with van der Waals surface area (Å²) >= 11 is 0. The number of carbonyl (C=O) groups is 2. The van der Waals surface area contributed by atoms with Gasteiger partial charge in [0.15, 0.2) is 11.6 Å². The number of nitrogens with zero attached hydrogens (tertiary/aromatic N) is 1. The number of aryl methyl sites for hydroxylation is 1. The van der Waals surface area contributed by atoms with Crippen LogP contribution in [0.2, 0.25) is 0 Å². The average molecular weight is 779 g/mol. The molecule has 2 heterocycles. The van der Waals surface area contributed by atoms with Crippen molar-refractivity contribution < 1.29 is 44.6 Å². The van der Waals surface area contributed by atoms with Crippen LogP contribution in [0, 0.1) is 17.3 Å². The Kier molecular flexibility index (Phi) is 19.0. The topological polar surface area (TPSA) is 188 Å². The number of methoxy groups -OCH3 is 1. The first-order valence-electron chi connectivity index (χ1n) is 18.9. The Balaban J connectivity index is 1.96. The van der Waals surface area contributed by atoms with Crippen molar-refractivity contribution in [1.82, 2.24) is 9.88 Å². The second kappa shape index (κ2) is 22.3. The number of aromatic nitrogens is 1. The minimum atomic E-state index is -1.85. The average Bonchev–Trinajstić information content (AvgIpc) is 3.14. The molecule has 1 fully saturated rings. The van der Waals surface area contributed by atoms with Crippen LogP contribution in [0.25, 0.3) is 0 Å². The van der Waals surface area contributed by atoms with Gasteiger partial charge in [-0.15, -0.1) is 0 Å². The zero-order valence-electron chi connectivity index (χ0n) is 34.1. The Hall–Kier alpha value is -4.43. The van der Waals surface area contributed by atoms with Crippen molar-refractivity contribution in [3.63, 3.8) is 0 Å². The van der Waals surface area contributed by atoms with Gasteiger partial charge in [-0.1, -0.05) is 113 Å². The third kappa shape index (κ3) is 12.8. The number of nitrogens with one attached hydrogen (secondary N) is 1. The van der Waals surface area contributed by atoms with Gasteiger partial charge < -0.3 is 44.9 Å². The molecule has 2 rings (SSSR count). The Morgan fingerprint density at radius 1 is 1.07 bits per heavy atom. The van der Waals surface area contributed by atoms with Gasteiger partial charge in [-0.3, -0.25) is 14.4 Å². The molecule has 56 heavy (non-hydrogen) atoms. The molecular formula is C44H62N2O10. The van der Waals surface area contributed by atoms with Crippen LogP contribution in [0.15, 0.2) is 113 Å². The second-order valence-electron chi connectivity index (χ2n) is 14.7. The maximum atomic E-state index is 13.2. The summed E-state index contributed by atoms with van der Waals surface area (Å²) in [6.07, 6.45) is 20.8. The first kappa shape index (κ1) is 47.7. The largest absolute Gasteiger partial charge is 0.507 e. The lowest BCUT2D eigenvalue weighted by Crippen LogP contribution is -2.60. The van der Waals surface area contributed by atoms with Gasteiger partial charge in [0.25, 0.3) is 5.56 Å². The number of hydrogen-bond donors (Lipinski definition) is 6. The lowest BCUT2D eigenvalue weighted by molar-refractivity contribution is -0.314. The molecule has 0 bridgehead atoms. The van der Waals surface area contributed by atoms with E-state index in [1.54, 1.807) is 81.5 Å². The minimum absolute atomic E-state index is 0.102. The molecule has 8 atom stereocenters. The third-order valence-corrected chi connectivity index (χ3v) is 10.2. The molecule has 12 nitrogen and oxygen atoms in total. The number of allylic oxidation sites excluding steroid dienone is 12. The van der Waals surface area contributed by atoms with E-state index in [4.69, 9.17) is 9.47 Å². The lowest BCUT2D eigenvalue weighted by Gasteiger charge is -2.50. The number of ketones is 1. The molecule has 0 aliphatic carbocycles. The molecule has 1 saturated heterocycles. The fourth-order valence-electron chi connectivity index (χ4n) is 6.41. The van der Waals surface area contributed by atoms with Gasteiger partial charge in [-0.2, -0.15) is 0 Å². The summed E-state index contributed by atoms with van der Waals surface area (Å²) in [4.78, 5) is 38.1. The fourth-order valence-corrected chi connectivity index (χ4v) is 6.41. The summed E-state index contributed by atoms with van der Waals surface area (Å²) in [5.74, 6) is -4.63. The molecule has 0 spiro atoms. The van der Waals surface area contributed by atoms with Crippen molar-refractivity contribution in [2.45, 2.75) is 97.6 Å². The number of aliphatic hydroxyl groups excluding tert-OH is 3. The van der Waals surface area contributed by atoms with Gasteiger partial charge in [0.2, 0.25) is 5.91 Å². The standard InChI is InChI=1S/C44H62N2O10/c1-10-12-16-24-36-43(6,7)35(49)28-44(54,56-36)32(11-2)41(52)45-26-20-19-22-30(4)40(55-9)31(5)39(51)34(48)23-18-15-13-14-17-21-29(3)38(50)37-33(47)25-27-46(8)42(37)53/h10,12-25,27,31-32,34-36,39-40,47-49,51,54H,11,26,28H2,1-9H3,(H,45,52)/b12-10+,15-13+,17-14+,20-19+,23-18-,24-16+,29-21+,30-22+/t31?,32-,34?,35+,36+,39?,40?,44+/m1/s1. The van der Waals surface area contributed by atoms with E-state index in [9.17, 15) is 39.9 Å². The molecule has 0 saturated carbocycles. The van der Waals surface area contributed by atoms with Crippen molar-refractivity contribution in [2.24, 2.45) is 24.3 Å². The van der Waals surface area contributed by atoms with Crippen molar-refractivity contribution in [2.75, 3.05) is 13.7 Å². The minimum Gasteiger partial charge on any atom is -0.507 e. The van der Waals surface area contributed by atoms with Gasteiger partial charge in [0, 0.05) is 44.7 Å². The summed E-state index contributed by atoms with van der Waals surface area (Å²) in [5.41, 5.74) is -0.516. The van der Waals surface area contributed by atoms with Crippen LogP contribution in [0.1, 0.15) is 71.7 Å².